The van der Waals surface area contributed by atoms with Crippen LogP contribution in [0.5, 0.6) is 0 Å². The number of nitrogens with one attached hydrogen (secondary N) is 1. The zero-order chi connectivity index (χ0) is 11.3. The van der Waals surface area contributed by atoms with Crippen molar-refractivity contribution in [3.05, 3.63) is 34.5 Å². The predicted octanol–water partition coefficient (Wildman–Crippen LogP) is 0.949. The van der Waals surface area contributed by atoms with E-state index in [1.165, 1.54) is 12.1 Å². The average Bonchev–Trinajstić information content (AvgIpc) is 2.52. The van der Waals surface area contributed by atoms with Gasteiger partial charge in [0.25, 0.3) is 0 Å². The van der Waals surface area contributed by atoms with Gasteiger partial charge in [0, 0.05) is 12.4 Å². The van der Waals surface area contributed by atoms with Crippen LogP contribution in [0.1, 0.15) is 0 Å². The minimum atomic E-state index is -0.515. The van der Waals surface area contributed by atoms with Gasteiger partial charge in [-0.15, -0.1) is 0 Å². The Morgan fingerprint density at radius 1 is 1.44 bits per heavy atom. The van der Waals surface area contributed by atoms with Crippen LogP contribution in [0, 0.1) is 5.82 Å². The number of benzene rings is 1. The summed E-state index contributed by atoms with van der Waals surface area (Å²) in [7, 11) is 1.76. The standard InChI is InChI=1S/C10H7FN4O/c1-15-7-3-2-5(11)4-6(7)8-9(15)12-10(16)14-13-8/h2-4H,1H3,(H,12,14,16). The fraction of sp³-hybridized carbons (Fsp3) is 0.100. The van der Waals surface area contributed by atoms with Crippen molar-refractivity contribution in [2.75, 3.05) is 0 Å². The predicted molar refractivity (Wildman–Crippen MR) is 56.6 cm³/mol. The van der Waals surface area contributed by atoms with Crippen molar-refractivity contribution >= 4 is 22.1 Å². The largest absolute Gasteiger partial charge is 0.363 e. The third-order valence-electron chi connectivity index (χ3n) is 2.58. The summed E-state index contributed by atoms with van der Waals surface area (Å²) in [5.41, 5.74) is 1.22. The number of aryl methyl sites for hydroxylation is 1. The van der Waals surface area contributed by atoms with E-state index in [1.54, 1.807) is 17.7 Å². The Labute approximate surface area is 88.5 Å². The number of nitrogens with zero attached hydrogens (tertiary/aromatic N) is 3. The molecule has 6 heteroatoms. The number of rotatable bonds is 0. The molecule has 3 aromatic rings. The Bertz CT molecular complexity index is 758. The minimum absolute atomic E-state index is 0.340. The molecule has 0 radical (unpaired) electrons. The molecule has 0 aliphatic rings. The van der Waals surface area contributed by atoms with Crippen molar-refractivity contribution in [1.29, 1.82) is 0 Å². The molecular weight excluding hydrogens is 211 g/mol. The first-order valence-electron chi connectivity index (χ1n) is 4.67. The molecule has 0 spiro atoms. The van der Waals surface area contributed by atoms with Crippen molar-refractivity contribution in [3.8, 4) is 0 Å². The Morgan fingerprint density at radius 3 is 3.06 bits per heavy atom. The van der Waals surface area contributed by atoms with E-state index >= 15 is 0 Å². The molecule has 0 fully saturated rings. The summed E-state index contributed by atoms with van der Waals surface area (Å²) in [5, 5.41) is 6.77. The smallest absolute Gasteiger partial charge is 0.327 e. The zero-order valence-corrected chi connectivity index (χ0v) is 8.36. The Hall–Kier alpha value is -2.24. The van der Waals surface area contributed by atoms with E-state index in [2.05, 4.69) is 15.2 Å². The van der Waals surface area contributed by atoms with Crippen molar-refractivity contribution in [2.45, 2.75) is 0 Å². The maximum atomic E-state index is 13.1. The normalized spacial score (nSPS) is 11.4. The Morgan fingerprint density at radius 2 is 2.25 bits per heavy atom. The van der Waals surface area contributed by atoms with Crippen LogP contribution in [0.15, 0.2) is 23.0 Å². The molecule has 0 aliphatic heterocycles. The maximum Gasteiger partial charge on any atom is 0.363 e. The summed E-state index contributed by atoms with van der Waals surface area (Å²) < 4.78 is 14.8. The van der Waals surface area contributed by atoms with Crippen LogP contribution < -0.4 is 5.69 Å². The second-order valence-corrected chi connectivity index (χ2v) is 3.53. The highest BCUT2D eigenvalue weighted by molar-refractivity contribution is 6.03. The quantitative estimate of drug-likeness (QED) is 0.611. The number of H-pyrrole nitrogens is 1. The fourth-order valence-corrected chi connectivity index (χ4v) is 1.85. The van der Waals surface area contributed by atoms with Gasteiger partial charge in [-0.1, -0.05) is 0 Å². The van der Waals surface area contributed by atoms with Crippen molar-refractivity contribution in [2.24, 2.45) is 7.05 Å². The van der Waals surface area contributed by atoms with E-state index in [9.17, 15) is 9.18 Å². The minimum Gasteiger partial charge on any atom is -0.327 e. The molecule has 0 saturated heterocycles. The molecule has 2 heterocycles. The molecule has 2 aromatic heterocycles. The Kier molecular flexibility index (Phi) is 1.62. The van der Waals surface area contributed by atoms with E-state index in [0.29, 0.717) is 16.6 Å². The molecule has 0 atom stereocenters. The average molecular weight is 218 g/mol. The summed E-state index contributed by atoms with van der Waals surface area (Å²) in [4.78, 5) is 14.9. The van der Waals surface area contributed by atoms with Crippen LogP contribution in [0.25, 0.3) is 22.1 Å². The Balaban J connectivity index is 2.64. The highest BCUT2D eigenvalue weighted by Gasteiger charge is 2.11. The molecule has 1 N–H and O–H groups in total. The fourth-order valence-electron chi connectivity index (χ4n) is 1.85. The summed E-state index contributed by atoms with van der Waals surface area (Å²) in [6.07, 6.45) is 0. The zero-order valence-electron chi connectivity index (χ0n) is 8.36. The summed E-state index contributed by atoms with van der Waals surface area (Å²) in [6, 6.07) is 4.38. The molecule has 1 aromatic carbocycles. The van der Waals surface area contributed by atoms with Gasteiger partial charge in [-0.05, 0) is 18.2 Å². The lowest BCUT2D eigenvalue weighted by molar-refractivity contribution is 0.629. The van der Waals surface area contributed by atoms with E-state index in [0.717, 1.165) is 5.52 Å². The van der Waals surface area contributed by atoms with E-state index < -0.39 is 5.69 Å². The molecule has 0 saturated carbocycles. The molecular formula is C10H7FN4O. The van der Waals surface area contributed by atoms with E-state index in [4.69, 9.17) is 0 Å². The lowest BCUT2D eigenvalue weighted by Gasteiger charge is -1.94. The molecule has 0 unspecified atom stereocenters. The molecule has 0 aliphatic carbocycles. The van der Waals surface area contributed by atoms with E-state index in [-0.39, 0.29) is 5.82 Å². The van der Waals surface area contributed by atoms with Crippen LogP contribution in [-0.2, 0) is 7.05 Å². The van der Waals surface area contributed by atoms with Crippen LogP contribution in [0.4, 0.5) is 4.39 Å². The van der Waals surface area contributed by atoms with Crippen molar-refractivity contribution in [1.82, 2.24) is 19.7 Å². The van der Waals surface area contributed by atoms with Gasteiger partial charge in [-0.3, -0.25) is 0 Å². The molecule has 5 nitrogen and oxygen atoms in total. The molecule has 3 rings (SSSR count). The number of halogens is 1. The molecule has 16 heavy (non-hydrogen) atoms. The second-order valence-electron chi connectivity index (χ2n) is 3.53. The summed E-state index contributed by atoms with van der Waals surface area (Å²) in [5.74, 6) is -0.340. The molecule has 0 bridgehead atoms. The van der Waals surface area contributed by atoms with Crippen molar-refractivity contribution in [3.63, 3.8) is 0 Å². The van der Waals surface area contributed by atoms with Crippen LogP contribution in [-0.4, -0.2) is 19.7 Å². The third kappa shape index (κ3) is 1.06. The number of hydrogen-bond donors (Lipinski definition) is 1. The lowest BCUT2D eigenvalue weighted by atomic mass is 10.2. The molecule has 0 amide bonds. The van der Waals surface area contributed by atoms with Gasteiger partial charge in [0.2, 0.25) is 0 Å². The van der Waals surface area contributed by atoms with Gasteiger partial charge in [0.15, 0.2) is 5.65 Å². The van der Waals surface area contributed by atoms with Crippen LogP contribution in [0.2, 0.25) is 0 Å². The first-order chi connectivity index (χ1) is 7.66. The molecule has 80 valence electrons. The van der Waals surface area contributed by atoms with Gasteiger partial charge < -0.3 is 4.57 Å². The highest BCUT2D eigenvalue weighted by Crippen LogP contribution is 2.24. The van der Waals surface area contributed by atoms with Gasteiger partial charge in [0.05, 0.1) is 5.52 Å². The van der Waals surface area contributed by atoms with Crippen molar-refractivity contribution < 1.29 is 4.39 Å². The maximum absolute atomic E-state index is 13.1. The van der Waals surface area contributed by atoms with Crippen LogP contribution >= 0.6 is 0 Å². The van der Waals surface area contributed by atoms with Gasteiger partial charge in [0.1, 0.15) is 11.3 Å². The van der Waals surface area contributed by atoms with Gasteiger partial charge in [-0.2, -0.15) is 10.1 Å². The topological polar surface area (TPSA) is 63.6 Å². The second kappa shape index (κ2) is 2.88. The monoisotopic (exact) mass is 218 g/mol. The summed E-state index contributed by atoms with van der Waals surface area (Å²) in [6.45, 7) is 0. The van der Waals surface area contributed by atoms with Crippen LogP contribution in [0.3, 0.4) is 0 Å². The first kappa shape index (κ1) is 9.02. The number of aromatic nitrogens is 4. The lowest BCUT2D eigenvalue weighted by Crippen LogP contribution is -2.12. The number of aromatic amines is 1. The summed E-state index contributed by atoms with van der Waals surface area (Å²) >= 11 is 0. The number of hydrogen-bond acceptors (Lipinski definition) is 3. The SMILES string of the molecule is Cn1c2ccc(F)cc2c2n[nH]c(=O)nc21. The first-order valence-corrected chi connectivity index (χ1v) is 4.67. The van der Waals surface area contributed by atoms with Gasteiger partial charge >= 0.3 is 5.69 Å². The number of fused-ring (bicyclic) bond motifs is 3. The van der Waals surface area contributed by atoms with Gasteiger partial charge in [-0.25, -0.2) is 14.3 Å². The highest BCUT2D eigenvalue weighted by atomic mass is 19.1. The third-order valence-corrected chi connectivity index (χ3v) is 2.58. The van der Waals surface area contributed by atoms with E-state index in [1.807, 2.05) is 0 Å².